The molecule has 0 aliphatic carbocycles. The summed E-state index contributed by atoms with van der Waals surface area (Å²) in [6, 6.07) is 2.71. The molecule has 2 heterocycles. The van der Waals surface area contributed by atoms with Crippen molar-refractivity contribution >= 4 is 0 Å². The fourth-order valence-corrected chi connectivity index (χ4v) is 2.50. The van der Waals surface area contributed by atoms with Gasteiger partial charge in [0.25, 0.3) is 0 Å². The molecule has 0 amide bonds. The number of nitrogens with one attached hydrogen (secondary N) is 1. The van der Waals surface area contributed by atoms with Gasteiger partial charge in [0.15, 0.2) is 0 Å². The predicted octanol–water partition coefficient (Wildman–Crippen LogP) is 3.24. The molecule has 1 aliphatic rings. The minimum Gasteiger partial charge on any atom is -0.465 e. The van der Waals surface area contributed by atoms with Gasteiger partial charge in [0.05, 0.1) is 6.54 Å². The van der Waals surface area contributed by atoms with E-state index in [0.29, 0.717) is 6.04 Å². The van der Waals surface area contributed by atoms with Crippen molar-refractivity contribution in [3.63, 3.8) is 0 Å². The van der Waals surface area contributed by atoms with Crippen LogP contribution in [0.1, 0.15) is 44.3 Å². The van der Waals surface area contributed by atoms with Crippen LogP contribution in [0.2, 0.25) is 0 Å². The molecular formula is C16H26N2O. The molecule has 106 valence electrons. The Morgan fingerprint density at radius 1 is 1.37 bits per heavy atom. The second-order valence-electron chi connectivity index (χ2n) is 5.88. The van der Waals surface area contributed by atoms with Crippen LogP contribution in [0.4, 0.5) is 0 Å². The zero-order valence-corrected chi connectivity index (χ0v) is 12.6. The van der Waals surface area contributed by atoms with Gasteiger partial charge in [0.1, 0.15) is 11.5 Å². The number of aryl methyl sites for hydroxylation is 1. The average Bonchev–Trinajstić information content (AvgIpc) is 2.67. The van der Waals surface area contributed by atoms with E-state index in [1.807, 2.05) is 0 Å². The van der Waals surface area contributed by atoms with Crippen LogP contribution in [0, 0.1) is 6.92 Å². The van der Waals surface area contributed by atoms with Crippen molar-refractivity contribution in [2.24, 2.45) is 0 Å². The molecule has 0 unspecified atom stereocenters. The highest BCUT2D eigenvalue weighted by molar-refractivity contribution is 5.21. The molecule has 2 rings (SSSR count). The lowest BCUT2D eigenvalue weighted by atomic mass is 10.1. The van der Waals surface area contributed by atoms with E-state index in [1.165, 1.54) is 11.1 Å². The number of furan rings is 1. The predicted molar refractivity (Wildman–Crippen MR) is 79.1 cm³/mol. The molecule has 1 aromatic rings. The van der Waals surface area contributed by atoms with Crippen LogP contribution in [0.5, 0.6) is 0 Å². The summed E-state index contributed by atoms with van der Waals surface area (Å²) in [5.41, 5.74) is 2.75. The van der Waals surface area contributed by atoms with Gasteiger partial charge in [0.2, 0.25) is 0 Å². The Morgan fingerprint density at radius 3 is 2.84 bits per heavy atom. The van der Waals surface area contributed by atoms with E-state index in [4.69, 9.17) is 4.42 Å². The maximum absolute atomic E-state index is 5.88. The van der Waals surface area contributed by atoms with E-state index in [-0.39, 0.29) is 0 Å². The fourth-order valence-electron chi connectivity index (χ4n) is 2.50. The average molecular weight is 262 g/mol. The summed E-state index contributed by atoms with van der Waals surface area (Å²) >= 11 is 0. The first-order valence-corrected chi connectivity index (χ1v) is 7.24. The van der Waals surface area contributed by atoms with Crippen molar-refractivity contribution in [2.75, 3.05) is 13.1 Å². The van der Waals surface area contributed by atoms with Crippen LogP contribution in [0.25, 0.3) is 0 Å². The van der Waals surface area contributed by atoms with Crippen LogP contribution >= 0.6 is 0 Å². The summed E-state index contributed by atoms with van der Waals surface area (Å²) in [7, 11) is 0. The smallest absolute Gasteiger partial charge is 0.118 e. The number of hydrogen-bond donors (Lipinski definition) is 1. The minimum absolute atomic E-state index is 0.507. The van der Waals surface area contributed by atoms with Crippen molar-refractivity contribution in [2.45, 2.75) is 53.2 Å². The Kier molecular flexibility index (Phi) is 4.83. The Bertz CT molecular complexity index is 446. The minimum atomic E-state index is 0.507. The third-order valence-corrected chi connectivity index (χ3v) is 3.56. The van der Waals surface area contributed by atoms with Gasteiger partial charge < -0.3 is 9.73 Å². The van der Waals surface area contributed by atoms with E-state index < -0.39 is 0 Å². The highest BCUT2D eigenvalue weighted by Crippen LogP contribution is 2.18. The largest absolute Gasteiger partial charge is 0.465 e. The highest BCUT2D eigenvalue weighted by atomic mass is 16.3. The number of rotatable bonds is 5. The molecule has 0 saturated carbocycles. The lowest BCUT2D eigenvalue weighted by Gasteiger charge is -2.24. The van der Waals surface area contributed by atoms with E-state index >= 15 is 0 Å². The molecular weight excluding hydrogens is 236 g/mol. The molecule has 0 bridgehead atoms. The van der Waals surface area contributed by atoms with Gasteiger partial charge in [-0.05, 0) is 26.3 Å². The maximum Gasteiger partial charge on any atom is 0.118 e. The molecule has 3 nitrogen and oxygen atoms in total. The summed E-state index contributed by atoms with van der Waals surface area (Å²) in [6.07, 6.45) is 3.50. The lowest BCUT2D eigenvalue weighted by molar-refractivity contribution is 0.256. The molecule has 1 N–H and O–H groups in total. The highest BCUT2D eigenvalue weighted by Gasteiger charge is 2.14. The van der Waals surface area contributed by atoms with Gasteiger partial charge in [-0.3, -0.25) is 4.90 Å². The summed E-state index contributed by atoms with van der Waals surface area (Å²) in [5, 5.41) is 3.44. The van der Waals surface area contributed by atoms with E-state index in [2.05, 4.69) is 50.1 Å². The third-order valence-electron chi connectivity index (χ3n) is 3.56. The molecule has 1 aromatic heterocycles. The van der Waals surface area contributed by atoms with Gasteiger partial charge in [-0.15, -0.1) is 0 Å². The Hall–Kier alpha value is -1.06. The Labute approximate surface area is 116 Å². The van der Waals surface area contributed by atoms with Crippen LogP contribution in [-0.4, -0.2) is 24.0 Å². The second kappa shape index (κ2) is 6.40. The topological polar surface area (TPSA) is 28.4 Å². The third kappa shape index (κ3) is 4.22. The fraction of sp³-hybridized carbons (Fsp3) is 0.625. The van der Waals surface area contributed by atoms with Gasteiger partial charge >= 0.3 is 0 Å². The van der Waals surface area contributed by atoms with Gasteiger partial charge in [-0.2, -0.15) is 0 Å². The van der Waals surface area contributed by atoms with Crippen LogP contribution < -0.4 is 5.32 Å². The van der Waals surface area contributed by atoms with Crippen molar-refractivity contribution in [3.8, 4) is 0 Å². The molecule has 1 aliphatic heterocycles. The molecule has 0 spiro atoms. The van der Waals surface area contributed by atoms with Gasteiger partial charge in [-0.1, -0.05) is 25.5 Å². The first-order valence-electron chi connectivity index (χ1n) is 7.24. The first kappa shape index (κ1) is 14.4. The summed E-state index contributed by atoms with van der Waals surface area (Å²) in [4.78, 5) is 2.45. The van der Waals surface area contributed by atoms with Crippen LogP contribution in [0.15, 0.2) is 22.1 Å². The Balaban J connectivity index is 1.94. The zero-order chi connectivity index (χ0) is 13.8. The van der Waals surface area contributed by atoms with Crippen LogP contribution in [0.3, 0.4) is 0 Å². The standard InChI is InChI=1S/C16H26N2O/c1-12(2)17-9-15-8-16(19-14(15)4)11-18-7-5-6-13(3)10-18/h6,8,12,17H,5,7,9-11H2,1-4H3. The zero-order valence-electron chi connectivity index (χ0n) is 12.6. The Morgan fingerprint density at radius 2 is 2.16 bits per heavy atom. The summed E-state index contributed by atoms with van der Waals surface area (Å²) < 4.78 is 5.88. The van der Waals surface area contributed by atoms with Crippen molar-refractivity contribution in [1.82, 2.24) is 10.2 Å². The van der Waals surface area contributed by atoms with Crippen molar-refractivity contribution in [3.05, 3.63) is 34.8 Å². The lowest BCUT2D eigenvalue weighted by Crippen LogP contribution is -2.28. The van der Waals surface area contributed by atoms with Gasteiger partial charge in [0, 0.05) is 31.2 Å². The van der Waals surface area contributed by atoms with E-state index in [9.17, 15) is 0 Å². The molecule has 0 aromatic carbocycles. The monoisotopic (exact) mass is 262 g/mol. The molecule has 3 heteroatoms. The number of hydrogen-bond acceptors (Lipinski definition) is 3. The van der Waals surface area contributed by atoms with Gasteiger partial charge in [-0.25, -0.2) is 0 Å². The molecule has 19 heavy (non-hydrogen) atoms. The molecule has 0 radical (unpaired) electrons. The maximum atomic E-state index is 5.88. The summed E-state index contributed by atoms with van der Waals surface area (Å²) in [5.74, 6) is 2.14. The molecule has 0 saturated heterocycles. The van der Waals surface area contributed by atoms with Crippen molar-refractivity contribution in [1.29, 1.82) is 0 Å². The number of nitrogens with zero attached hydrogens (tertiary/aromatic N) is 1. The molecule has 0 fully saturated rings. The summed E-state index contributed by atoms with van der Waals surface area (Å²) in [6.45, 7) is 12.6. The quantitative estimate of drug-likeness (QED) is 0.826. The first-order chi connectivity index (χ1) is 9.04. The van der Waals surface area contributed by atoms with Crippen molar-refractivity contribution < 1.29 is 4.42 Å². The SMILES string of the molecule is CC1=CCCN(Cc2cc(CNC(C)C)c(C)o2)C1. The van der Waals surface area contributed by atoms with E-state index in [0.717, 1.165) is 44.1 Å². The second-order valence-corrected chi connectivity index (χ2v) is 5.88. The molecule has 0 atom stereocenters. The normalized spacial score (nSPS) is 17.0. The van der Waals surface area contributed by atoms with Crippen LogP contribution in [-0.2, 0) is 13.1 Å². The van der Waals surface area contributed by atoms with E-state index in [1.54, 1.807) is 0 Å².